The topological polar surface area (TPSA) is 78.7 Å². The maximum absolute atomic E-state index is 14.1. The molecule has 0 radical (unpaired) electrons. The fourth-order valence-electron chi connectivity index (χ4n) is 3.81. The molecule has 1 aliphatic rings. The third kappa shape index (κ3) is 4.76. The number of anilines is 3. The van der Waals surface area contributed by atoms with Crippen molar-refractivity contribution in [2.45, 2.75) is 0 Å². The summed E-state index contributed by atoms with van der Waals surface area (Å²) in [4.78, 5) is 25.6. The smallest absolute Gasteiger partial charge is 0.270 e. The van der Waals surface area contributed by atoms with Crippen molar-refractivity contribution in [2.75, 3.05) is 41.3 Å². The number of nitro benzene ring substituents is 1. The van der Waals surface area contributed by atoms with E-state index in [0.717, 1.165) is 17.0 Å². The molecule has 0 unspecified atom stereocenters. The van der Waals surface area contributed by atoms with Gasteiger partial charge < -0.3 is 15.1 Å². The summed E-state index contributed by atoms with van der Waals surface area (Å²) >= 11 is 5.98. The number of carbonyl (C=O) groups is 1. The standard InChI is InChI=1S/C23H16ClF5N4O3/c24-16-11-14(33(35)36)5-6-15(16)23(34)30-12-1-3-13(4-2-12)31-7-9-32(10-8-31)22-20(28)18(26)17(25)19(27)21(22)29/h1-6,11H,7-10H2,(H,30,34). The number of nitrogens with one attached hydrogen (secondary N) is 1. The van der Waals surface area contributed by atoms with Gasteiger partial charge in [-0.1, -0.05) is 11.6 Å². The maximum atomic E-state index is 14.1. The van der Waals surface area contributed by atoms with Crippen LogP contribution in [0.4, 0.5) is 44.7 Å². The lowest BCUT2D eigenvalue weighted by Gasteiger charge is -2.37. The van der Waals surface area contributed by atoms with Crippen molar-refractivity contribution in [3.63, 3.8) is 0 Å². The number of rotatable bonds is 5. The second kappa shape index (κ2) is 9.97. The minimum absolute atomic E-state index is 0.00941. The lowest BCUT2D eigenvalue weighted by atomic mass is 10.1. The zero-order valence-corrected chi connectivity index (χ0v) is 19.0. The van der Waals surface area contributed by atoms with Crippen LogP contribution in [0.5, 0.6) is 0 Å². The van der Waals surface area contributed by atoms with Crippen molar-refractivity contribution in [2.24, 2.45) is 0 Å². The Morgan fingerprint density at radius 1 is 0.833 bits per heavy atom. The number of carbonyl (C=O) groups excluding carboxylic acids is 1. The quantitative estimate of drug-likeness (QED) is 0.156. The SMILES string of the molecule is O=C(Nc1ccc(N2CCN(c3c(F)c(F)c(F)c(F)c3F)CC2)cc1)c1ccc([N+](=O)[O-])cc1Cl. The average molecular weight is 527 g/mol. The second-order valence-electron chi connectivity index (χ2n) is 7.81. The van der Waals surface area contributed by atoms with Crippen LogP contribution in [-0.4, -0.2) is 37.0 Å². The highest BCUT2D eigenvalue weighted by molar-refractivity contribution is 6.34. The van der Waals surface area contributed by atoms with Crippen LogP contribution in [-0.2, 0) is 0 Å². The summed E-state index contributed by atoms with van der Waals surface area (Å²) in [6, 6.07) is 10.0. The van der Waals surface area contributed by atoms with E-state index < -0.39 is 45.6 Å². The van der Waals surface area contributed by atoms with E-state index >= 15 is 0 Å². The average Bonchev–Trinajstić information content (AvgIpc) is 2.87. The van der Waals surface area contributed by atoms with E-state index in [1.807, 2.05) is 4.90 Å². The predicted octanol–water partition coefficient (Wildman–Crippen LogP) is 5.52. The molecule has 13 heteroatoms. The van der Waals surface area contributed by atoms with Gasteiger partial charge in [0, 0.05) is 49.7 Å². The zero-order valence-electron chi connectivity index (χ0n) is 18.2. The molecule has 1 saturated heterocycles. The number of amides is 1. The molecule has 1 amide bonds. The summed E-state index contributed by atoms with van der Waals surface area (Å²) < 4.78 is 68.6. The van der Waals surface area contributed by atoms with Crippen LogP contribution >= 0.6 is 11.6 Å². The van der Waals surface area contributed by atoms with E-state index in [9.17, 15) is 36.9 Å². The van der Waals surface area contributed by atoms with Crippen molar-refractivity contribution in [1.29, 1.82) is 0 Å². The van der Waals surface area contributed by atoms with Crippen molar-refractivity contribution in [3.05, 3.63) is 92.3 Å². The number of nitrogens with zero attached hydrogens (tertiary/aromatic N) is 3. The molecule has 4 rings (SSSR count). The Morgan fingerprint density at radius 3 is 1.89 bits per heavy atom. The summed E-state index contributed by atoms with van der Waals surface area (Å²) in [5.41, 5.74) is -0.0255. The van der Waals surface area contributed by atoms with Gasteiger partial charge in [0.25, 0.3) is 11.6 Å². The van der Waals surface area contributed by atoms with Gasteiger partial charge in [-0.05, 0) is 30.3 Å². The van der Waals surface area contributed by atoms with E-state index in [1.54, 1.807) is 24.3 Å². The Balaban J connectivity index is 1.41. The van der Waals surface area contributed by atoms with Crippen LogP contribution in [0, 0.1) is 39.2 Å². The first-order valence-corrected chi connectivity index (χ1v) is 10.8. The molecule has 0 bridgehead atoms. The Bertz CT molecular complexity index is 1320. The van der Waals surface area contributed by atoms with E-state index in [-0.39, 0.29) is 42.5 Å². The summed E-state index contributed by atoms with van der Waals surface area (Å²) in [6.45, 7) is 0.498. The van der Waals surface area contributed by atoms with Gasteiger partial charge in [-0.15, -0.1) is 0 Å². The Morgan fingerprint density at radius 2 is 1.36 bits per heavy atom. The number of nitro groups is 1. The maximum Gasteiger partial charge on any atom is 0.270 e. The van der Waals surface area contributed by atoms with Gasteiger partial charge in [0.2, 0.25) is 5.82 Å². The molecule has 1 N–H and O–H groups in total. The third-order valence-electron chi connectivity index (χ3n) is 5.68. The molecule has 1 aliphatic heterocycles. The van der Waals surface area contributed by atoms with E-state index in [4.69, 9.17) is 11.6 Å². The minimum atomic E-state index is -2.20. The van der Waals surface area contributed by atoms with Crippen molar-refractivity contribution in [1.82, 2.24) is 0 Å². The number of hydrogen-bond donors (Lipinski definition) is 1. The van der Waals surface area contributed by atoms with Crippen LogP contribution in [0.15, 0.2) is 42.5 Å². The van der Waals surface area contributed by atoms with Crippen molar-refractivity contribution >= 4 is 40.3 Å². The third-order valence-corrected chi connectivity index (χ3v) is 5.99. The normalized spacial score (nSPS) is 13.6. The molecule has 0 saturated carbocycles. The summed E-state index contributed by atoms with van der Waals surface area (Å²) in [5, 5.41) is 13.4. The highest BCUT2D eigenvalue weighted by atomic mass is 35.5. The summed E-state index contributed by atoms with van der Waals surface area (Å²) in [7, 11) is 0. The molecule has 7 nitrogen and oxygen atoms in total. The van der Waals surface area contributed by atoms with Gasteiger partial charge >= 0.3 is 0 Å². The van der Waals surface area contributed by atoms with Crippen LogP contribution in [0.2, 0.25) is 5.02 Å². The van der Waals surface area contributed by atoms with Crippen LogP contribution in [0.1, 0.15) is 10.4 Å². The molecule has 1 fully saturated rings. The molecule has 1 heterocycles. The molecule has 3 aromatic carbocycles. The number of hydrogen-bond acceptors (Lipinski definition) is 5. The molecule has 3 aromatic rings. The Kier molecular flexibility index (Phi) is 6.97. The van der Waals surface area contributed by atoms with E-state index in [0.29, 0.717) is 11.4 Å². The van der Waals surface area contributed by atoms with Crippen LogP contribution in [0.25, 0.3) is 0 Å². The largest absolute Gasteiger partial charge is 0.368 e. The fraction of sp³-hybridized carbons (Fsp3) is 0.174. The molecular weight excluding hydrogens is 511 g/mol. The van der Waals surface area contributed by atoms with Gasteiger partial charge in [0.15, 0.2) is 23.3 Å². The lowest BCUT2D eigenvalue weighted by Crippen LogP contribution is -2.47. The van der Waals surface area contributed by atoms with E-state index in [2.05, 4.69) is 5.32 Å². The number of piperazine rings is 1. The fourth-order valence-corrected chi connectivity index (χ4v) is 4.08. The summed E-state index contributed by atoms with van der Waals surface area (Å²) in [6.07, 6.45) is 0. The van der Waals surface area contributed by atoms with Crippen molar-refractivity contribution in [3.8, 4) is 0 Å². The van der Waals surface area contributed by atoms with Gasteiger partial charge in [0.05, 0.1) is 15.5 Å². The molecule has 0 atom stereocenters. The van der Waals surface area contributed by atoms with E-state index in [1.165, 1.54) is 6.07 Å². The first-order chi connectivity index (χ1) is 17.1. The highest BCUT2D eigenvalue weighted by Gasteiger charge is 2.30. The monoisotopic (exact) mass is 526 g/mol. The molecule has 0 aromatic heterocycles. The molecule has 36 heavy (non-hydrogen) atoms. The van der Waals surface area contributed by atoms with Crippen molar-refractivity contribution < 1.29 is 31.7 Å². The highest BCUT2D eigenvalue weighted by Crippen LogP contribution is 2.32. The first-order valence-electron chi connectivity index (χ1n) is 10.4. The van der Waals surface area contributed by atoms with Gasteiger partial charge in [0.1, 0.15) is 5.69 Å². The van der Waals surface area contributed by atoms with Crippen LogP contribution in [0.3, 0.4) is 0 Å². The number of halogens is 6. The lowest BCUT2D eigenvalue weighted by molar-refractivity contribution is -0.384. The summed E-state index contributed by atoms with van der Waals surface area (Å²) in [5.74, 6) is -10.5. The van der Waals surface area contributed by atoms with Crippen LogP contribution < -0.4 is 15.1 Å². The Hall–Kier alpha value is -3.93. The van der Waals surface area contributed by atoms with Gasteiger partial charge in [-0.3, -0.25) is 14.9 Å². The molecule has 0 aliphatic carbocycles. The number of benzene rings is 3. The molecule has 188 valence electrons. The molecule has 0 spiro atoms. The first kappa shape index (κ1) is 25.2. The zero-order chi connectivity index (χ0) is 26.1. The predicted molar refractivity (Wildman–Crippen MR) is 123 cm³/mol. The minimum Gasteiger partial charge on any atom is -0.368 e. The second-order valence-corrected chi connectivity index (χ2v) is 8.22. The molecular formula is C23H16ClF5N4O3. The van der Waals surface area contributed by atoms with Gasteiger partial charge in [-0.25, -0.2) is 22.0 Å². The number of non-ortho nitro benzene ring substituents is 1. The Labute approximate surface area is 205 Å². The van der Waals surface area contributed by atoms with Gasteiger partial charge in [-0.2, -0.15) is 0 Å².